The molecule has 0 aliphatic heterocycles. The van der Waals surface area contributed by atoms with Crippen LogP contribution in [0.2, 0.25) is 0 Å². The maximum atomic E-state index is 11.1. The second kappa shape index (κ2) is 3.38. The predicted molar refractivity (Wildman–Crippen MR) is 51.8 cm³/mol. The summed E-state index contributed by atoms with van der Waals surface area (Å²) in [6.45, 7) is 1.34. The highest BCUT2D eigenvalue weighted by Gasteiger charge is 2.13. The second-order valence-corrected chi connectivity index (χ2v) is 4.89. The first kappa shape index (κ1) is 10.6. The van der Waals surface area contributed by atoms with E-state index in [4.69, 9.17) is 5.73 Å². The number of aromatic nitrogens is 1. The summed E-state index contributed by atoms with van der Waals surface area (Å²) in [5, 5.41) is 0. The molecule has 0 radical (unpaired) electrons. The van der Waals surface area contributed by atoms with E-state index in [1.54, 1.807) is 0 Å². The normalized spacial score (nSPS) is 11.3. The average Bonchev–Trinajstić information content (AvgIpc) is 2.01. The van der Waals surface area contributed by atoms with Gasteiger partial charge >= 0.3 is 0 Å². The number of carbonyl (C=O) groups excluding carboxylic acids is 1. The van der Waals surface area contributed by atoms with Crippen LogP contribution in [0.1, 0.15) is 17.4 Å². The summed E-state index contributed by atoms with van der Waals surface area (Å²) < 4.78 is 22.3. The first-order chi connectivity index (χ1) is 6.32. The molecule has 0 atom stereocenters. The number of sulfone groups is 1. The van der Waals surface area contributed by atoms with Crippen molar-refractivity contribution in [1.82, 2.24) is 4.98 Å². The van der Waals surface area contributed by atoms with Crippen molar-refractivity contribution < 1.29 is 13.2 Å². The van der Waals surface area contributed by atoms with E-state index in [9.17, 15) is 13.2 Å². The average molecular weight is 214 g/mol. The zero-order valence-electron chi connectivity index (χ0n) is 7.81. The Hall–Kier alpha value is -1.43. The third-order valence-corrected chi connectivity index (χ3v) is 2.79. The lowest BCUT2D eigenvalue weighted by Crippen LogP contribution is -2.07. The van der Waals surface area contributed by atoms with Crippen molar-refractivity contribution in [2.24, 2.45) is 0 Å². The van der Waals surface area contributed by atoms with E-state index in [0.29, 0.717) is 0 Å². The summed E-state index contributed by atoms with van der Waals surface area (Å²) in [7, 11) is -3.37. The van der Waals surface area contributed by atoms with E-state index in [2.05, 4.69) is 4.98 Å². The molecule has 5 nitrogen and oxygen atoms in total. The van der Waals surface area contributed by atoms with Crippen molar-refractivity contribution in [3.63, 3.8) is 0 Å². The fraction of sp³-hybridized carbons (Fsp3) is 0.250. The van der Waals surface area contributed by atoms with Gasteiger partial charge in [0.05, 0.1) is 0 Å². The van der Waals surface area contributed by atoms with Crippen molar-refractivity contribution in [3.05, 3.63) is 17.8 Å². The van der Waals surface area contributed by atoms with Gasteiger partial charge in [0.25, 0.3) is 0 Å². The van der Waals surface area contributed by atoms with E-state index < -0.39 is 9.84 Å². The lowest BCUT2D eigenvalue weighted by Gasteiger charge is -2.03. The van der Waals surface area contributed by atoms with E-state index >= 15 is 0 Å². The molecular formula is C8H10N2O3S. The lowest BCUT2D eigenvalue weighted by atomic mass is 10.3. The van der Waals surface area contributed by atoms with Gasteiger partial charge in [-0.15, -0.1) is 0 Å². The number of Topliss-reactive ketones (excluding diaryl/α,β-unsaturated/α-hetero) is 1. The maximum absolute atomic E-state index is 11.1. The summed E-state index contributed by atoms with van der Waals surface area (Å²) in [5.41, 5.74) is 5.56. The molecule has 0 amide bonds. The number of nitrogens with zero attached hydrogens (tertiary/aromatic N) is 1. The van der Waals surface area contributed by atoms with Crippen LogP contribution in [0.4, 0.5) is 5.82 Å². The molecule has 0 fully saturated rings. The highest BCUT2D eigenvalue weighted by atomic mass is 32.2. The van der Waals surface area contributed by atoms with Gasteiger partial charge in [-0.1, -0.05) is 0 Å². The number of hydrogen-bond acceptors (Lipinski definition) is 5. The topological polar surface area (TPSA) is 90.1 Å². The Morgan fingerprint density at radius 3 is 2.36 bits per heavy atom. The largest absolute Gasteiger partial charge is 0.383 e. The number of nitrogens with two attached hydrogens (primary N) is 1. The Kier molecular flexibility index (Phi) is 2.57. The number of hydrogen-bond donors (Lipinski definition) is 1. The Balaban J connectivity index is 3.35. The molecule has 2 N–H and O–H groups in total. The third kappa shape index (κ3) is 2.08. The summed E-state index contributed by atoms with van der Waals surface area (Å²) >= 11 is 0. The molecule has 0 aliphatic carbocycles. The highest BCUT2D eigenvalue weighted by Crippen LogP contribution is 2.16. The minimum atomic E-state index is -3.37. The number of ketones is 1. The molecule has 1 aromatic rings. The molecule has 1 rings (SSSR count). The van der Waals surface area contributed by atoms with E-state index in [1.807, 2.05) is 0 Å². The van der Waals surface area contributed by atoms with Crippen molar-refractivity contribution >= 4 is 21.4 Å². The number of carbonyl (C=O) groups is 1. The van der Waals surface area contributed by atoms with E-state index in [-0.39, 0.29) is 22.2 Å². The smallest absolute Gasteiger partial charge is 0.179 e. The predicted octanol–water partition coefficient (Wildman–Crippen LogP) is 0.270. The van der Waals surface area contributed by atoms with E-state index in [1.165, 1.54) is 19.1 Å². The van der Waals surface area contributed by atoms with Crippen LogP contribution in [0.5, 0.6) is 0 Å². The van der Waals surface area contributed by atoms with Gasteiger partial charge in [-0.3, -0.25) is 4.79 Å². The van der Waals surface area contributed by atoms with Gasteiger partial charge in [-0.2, -0.15) is 0 Å². The fourth-order valence-corrected chi connectivity index (χ4v) is 1.71. The molecule has 0 aliphatic rings. The molecule has 0 saturated carbocycles. The summed E-state index contributed by atoms with van der Waals surface area (Å²) in [4.78, 5) is 14.5. The molecule has 0 bridgehead atoms. The van der Waals surface area contributed by atoms with Crippen molar-refractivity contribution in [1.29, 1.82) is 0 Å². The Morgan fingerprint density at radius 2 is 2.00 bits per heavy atom. The van der Waals surface area contributed by atoms with Gasteiger partial charge in [0, 0.05) is 13.2 Å². The molecule has 0 aromatic carbocycles. The van der Waals surface area contributed by atoms with Crippen LogP contribution in [0.3, 0.4) is 0 Å². The van der Waals surface area contributed by atoms with Gasteiger partial charge in [-0.25, -0.2) is 13.4 Å². The van der Waals surface area contributed by atoms with Crippen LogP contribution in [0.15, 0.2) is 17.0 Å². The van der Waals surface area contributed by atoms with Crippen LogP contribution in [0, 0.1) is 0 Å². The number of pyridine rings is 1. The Morgan fingerprint density at radius 1 is 1.43 bits per heavy atom. The van der Waals surface area contributed by atoms with Gasteiger partial charge in [-0.05, 0) is 12.1 Å². The summed E-state index contributed by atoms with van der Waals surface area (Å²) in [5.74, 6) is -0.392. The van der Waals surface area contributed by atoms with E-state index in [0.717, 1.165) is 6.26 Å². The van der Waals surface area contributed by atoms with Gasteiger partial charge < -0.3 is 5.73 Å². The van der Waals surface area contributed by atoms with Gasteiger partial charge in [0.1, 0.15) is 16.4 Å². The number of rotatable bonds is 2. The SMILES string of the molecule is CC(=O)c1ccc(S(C)(=O)=O)c(N)n1. The Labute approximate surface area is 81.9 Å². The quantitative estimate of drug-likeness (QED) is 0.713. The fourth-order valence-electron chi connectivity index (χ4n) is 0.972. The van der Waals surface area contributed by atoms with Crippen LogP contribution in [0.25, 0.3) is 0 Å². The van der Waals surface area contributed by atoms with Gasteiger partial charge in [0.15, 0.2) is 15.6 Å². The Bertz CT molecular complexity index is 479. The summed E-state index contributed by atoms with van der Waals surface area (Å²) in [6.07, 6.45) is 1.04. The molecule has 0 unspecified atom stereocenters. The van der Waals surface area contributed by atoms with Crippen molar-refractivity contribution in [2.45, 2.75) is 11.8 Å². The highest BCUT2D eigenvalue weighted by molar-refractivity contribution is 7.90. The van der Waals surface area contributed by atoms with Crippen LogP contribution in [-0.2, 0) is 9.84 Å². The molecule has 76 valence electrons. The zero-order chi connectivity index (χ0) is 10.9. The minimum Gasteiger partial charge on any atom is -0.383 e. The van der Waals surface area contributed by atoms with Crippen LogP contribution in [-0.4, -0.2) is 25.4 Å². The first-order valence-corrected chi connectivity index (χ1v) is 5.69. The van der Waals surface area contributed by atoms with Crippen LogP contribution < -0.4 is 5.73 Å². The molecule has 0 spiro atoms. The molecule has 0 saturated heterocycles. The van der Waals surface area contributed by atoms with Crippen LogP contribution >= 0.6 is 0 Å². The van der Waals surface area contributed by atoms with Gasteiger partial charge in [0.2, 0.25) is 0 Å². The third-order valence-electron chi connectivity index (χ3n) is 1.65. The molecule has 1 aromatic heterocycles. The van der Waals surface area contributed by atoms with Crippen molar-refractivity contribution in [2.75, 3.05) is 12.0 Å². The van der Waals surface area contributed by atoms with Crippen molar-refractivity contribution in [3.8, 4) is 0 Å². The molecular weight excluding hydrogens is 204 g/mol. The first-order valence-electron chi connectivity index (χ1n) is 3.80. The lowest BCUT2D eigenvalue weighted by molar-refractivity contribution is 0.101. The molecule has 14 heavy (non-hydrogen) atoms. The minimum absolute atomic E-state index is 0.0532. The zero-order valence-corrected chi connectivity index (χ0v) is 8.63. The molecule has 1 heterocycles. The standard InChI is InChI=1S/C8H10N2O3S/c1-5(11)6-3-4-7(8(9)10-6)14(2,12)13/h3-4H,1-2H3,(H2,9,10). The maximum Gasteiger partial charge on any atom is 0.179 e. The second-order valence-electron chi connectivity index (χ2n) is 2.91. The molecule has 6 heteroatoms. The number of nitrogen functional groups attached to an aromatic ring is 1. The monoisotopic (exact) mass is 214 g/mol. The summed E-state index contributed by atoms with van der Waals surface area (Å²) in [6, 6.07) is 2.63. The number of anilines is 1.